The number of aliphatic hydroxyl groups excluding tert-OH is 1. The number of aliphatic hydroxyl groups is 1. The van der Waals surface area contributed by atoms with Crippen LogP contribution in [0.15, 0.2) is 60.7 Å². The molecule has 0 aromatic heterocycles. The van der Waals surface area contributed by atoms with Crippen LogP contribution in [0.2, 0.25) is 0 Å². The Morgan fingerprint density at radius 2 is 1.47 bits per heavy atom. The predicted molar refractivity (Wildman–Crippen MR) is 140 cm³/mol. The van der Waals surface area contributed by atoms with Crippen LogP contribution < -0.4 is 0 Å². The Morgan fingerprint density at radius 3 is 2.00 bits per heavy atom. The number of aliphatic carboxylic acids is 1. The van der Waals surface area contributed by atoms with Crippen molar-refractivity contribution >= 4 is 5.97 Å². The Kier molecular flexibility index (Phi) is 7.99. The van der Waals surface area contributed by atoms with Crippen molar-refractivity contribution in [3.05, 3.63) is 94.0 Å². The minimum Gasteiger partial charge on any atom is -0.481 e. The minimum absolute atomic E-state index is 0.0467. The van der Waals surface area contributed by atoms with E-state index in [0.29, 0.717) is 0 Å². The Labute approximate surface area is 204 Å². The second-order valence-electron chi connectivity index (χ2n) is 10.7. The first-order valence-corrected chi connectivity index (χ1v) is 12.1. The van der Waals surface area contributed by atoms with Crippen LogP contribution in [0.1, 0.15) is 73.4 Å². The number of hydrogen-bond acceptors (Lipinski definition) is 2. The molecule has 0 heterocycles. The van der Waals surface area contributed by atoms with E-state index in [4.69, 9.17) is 5.11 Å². The molecule has 0 bridgehead atoms. The van der Waals surface area contributed by atoms with Crippen LogP contribution in [0.4, 0.5) is 0 Å². The molecule has 0 spiro atoms. The lowest BCUT2D eigenvalue weighted by Crippen LogP contribution is -2.26. The molecule has 3 nitrogen and oxygen atoms in total. The third kappa shape index (κ3) is 6.36. The van der Waals surface area contributed by atoms with E-state index in [-0.39, 0.29) is 23.9 Å². The van der Waals surface area contributed by atoms with Crippen molar-refractivity contribution in [2.24, 2.45) is 5.41 Å². The summed E-state index contributed by atoms with van der Waals surface area (Å²) < 4.78 is 0. The van der Waals surface area contributed by atoms with E-state index >= 15 is 0 Å². The number of rotatable bonds is 8. The number of carbonyl (C=O) groups is 1. The van der Waals surface area contributed by atoms with Gasteiger partial charge in [0.25, 0.3) is 0 Å². The Hall–Kier alpha value is -2.91. The van der Waals surface area contributed by atoms with Gasteiger partial charge in [0.15, 0.2) is 0 Å². The summed E-state index contributed by atoms with van der Waals surface area (Å²) >= 11 is 0. The van der Waals surface area contributed by atoms with Gasteiger partial charge in [-0.15, -0.1) is 0 Å². The average molecular weight is 459 g/mol. The van der Waals surface area contributed by atoms with Gasteiger partial charge < -0.3 is 10.2 Å². The zero-order valence-electron chi connectivity index (χ0n) is 21.4. The lowest BCUT2D eigenvalue weighted by molar-refractivity contribution is -0.136. The summed E-state index contributed by atoms with van der Waals surface area (Å²) in [4.78, 5) is 10.9. The van der Waals surface area contributed by atoms with Crippen LogP contribution in [0.3, 0.4) is 0 Å². The maximum atomic E-state index is 10.9. The monoisotopic (exact) mass is 458 g/mol. The molecular weight excluding hydrogens is 420 g/mol. The van der Waals surface area contributed by atoms with Gasteiger partial charge in [0, 0.05) is 5.92 Å². The van der Waals surface area contributed by atoms with E-state index in [0.717, 1.165) is 24.0 Å². The zero-order valence-corrected chi connectivity index (χ0v) is 21.4. The maximum absolute atomic E-state index is 10.9. The molecule has 0 aliphatic heterocycles. The second-order valence-corrected chi connectivity index (χ2v) is 10.7. The Morgan fingerprint density at radius 1 is 0.882 bits per heavy atom. The first kappa shape index (κ1) is 25.7. The van der Waals surface area contributed by atoms with E-state index in [1.165, 1.54) is 33.4 Å². The predicted octanol–water partition coefficient (Wildman–Crippen LogP) is 7.09. The molecule has 0 saturated carbocycles. The molecule has 0 radical (unpaired) electrons. The van der Waals surface area contributed by atoms with Crippen LogP contribution in [0.25, 0.3) is 11.1 Å². The summed E-state index contributed by atoms with van der Waals surface area (Å²) in [5, 5.41) is 19.4. The van der Waals surface area contributed by atoms with Crippen LogP contribution in [-0.2, 0) is 17.6 Å². The smallest absolute Gasteiger partial charge is 0.307 e. The zero-order chi connectivity index (χ0) is 25.0. The van der Waals surface area contributed by atoms with Crippen molar-refractivity contribution in [2.45, 2.75) is 72.8 Å². The third-order valence-electron chi connectivity index (χ3n) is 6.92. The van der Waals surface area contributed by atoms with E-state index < -0.39 is 5.97 Å². The molecule has 0 saturated heterocycles. The summed E-state index contributed by atoms with van der Waals surface area (Å²) in [5.41, 5.74) is 9.35. The fraction of sp³-hybridized carbons (Fsp3) is 0.387. The molecular formula is C31H38O3. The van der Waals surface area contributed by atoms with Gasteiger partial charge in [-0.25, -0.2) is 0 Å². The largest absolute Gasteiger partial charge is 0.481 e. The molecule has 180 valence electrons. The van der Waals surface area contributed by atoms with Gasteiger partial charge in [0.2, 0.25) is 0 Å². The molecule has 3 heteroatoms. The number of hydrogen-bond donors (Lipinski definition) is 2. The van der Waals surface area contributed by atoms with E-state index in [1.807, 2.05) is 24.3 Å². The highest BCUT2D eigenvalue weighted by molar-refractivity contribution is 5.72. The van der Waals surface area contributed by atoms with Gasteiger partial charge in [-0.05, 0) is 76.6 Å². The molecule has 3 rings (SSSR count). The first-order valence-electron chi connectivity index (χ1n) is 12.1. The van der Waals surface area contributed by atoms with Gasteiger partial charge in [-0.2, -0.15) is 0 Å². The lowest BCUT2D eigenvalue weighted by Gasteiger charge is -2.26. The van der Waals surface area contributed by atoms with Crippen LogP contribution in [-0.4, -0.2) is 22.3 Å². The van der Waals surface area contributed by atoms with Crippen molar-refractivity contribution in [3.8, 4) is 11.1 Å². The van der Waals surface area contributed by atoms with Crippen molar-refractivity contribution in [2.75, 3.05) is 0 Å². The van der Waals surface area contributed by atoms with Crippen molar-refractivity contribution in [1.29, 1.82) is 0 Å². The van der Waals surface area contributed by atoms with Crippen LogP contribution >= 0.6 is 0 Å². The van der Waals surface area contributed by atoms with Gasteiger partial charge in [0.05, 0.1) is 12.5 Å². The molecule has 3 aromatic rings. The fourth-order valence-corrected chi connectivity index (χ4v) is 4.44. The summed E-state index contributed by atoms with van der Waals surface area (Å²) in [6.45, 7) is 12.8. The highest BCUT2D eigenvalue weighted by Crippen LogP contribution is 2.31. The summed E-state index contributed by atoms with van der Waals surface area (Å²) in [7, 11) is 0. The van der Waals surface area contributed by atoms with Crippen molar-refractivity contribution in [3.63, 3.8) is 0 Å². The van der Waals surface area contributed by atoms with E-state index in [9.17, 15) is 9.90 Å². The van der Waals surface area contributed by atoms with Gasteiger partial charge >= 0.3 is 5.97 Å². The van der Waals surface area contributed by atoms with Gasteiger partial charge in [-0.1, -0.05) is 88.4 Å². The van der Waals surface area contributed by atoms with Crippen molar-refractivity contribution < 1.29 is 15.0 Å². The molecule has 2 unspecified atom stereocenters. The molecule has 2 atom stereocenters. The second kappa shape index (κ2) is 10.6. The normalized spacial score (nSPS) is 13.5. The number of carboxylic acids is 1. The molecule has 34 heavy (non-hydrogen) atoms. The Bertz CT molecular complexity index is 1140. The summed E-state index contributed by atoms with van der Waals surface area (Å²) in [6.07, 6.45) is 1.40. The van der Waals surface area contributed by atoms with E-state index in [1.54, 1.807) is 0 Å². The summed E-state index contributed by atoms with van der Waals surface area (Å²) in [6, 6.07) is 21.1. The first-order chi connectivity index (χ1) is 16.0. The Balaban J connectivity index is 1.74. The number of carboxylic acid groups (broad SMARTS) is 1. The van der Waals surface area contributed by atoms with Crippen LogP contribution in [0, 0.1) is 19.3 Å². The molecule has 0 fully saturated rings. The van der Waals surface area contributed by atoms with Crippen molar-refractivity contribution in [1.82, 2.24) is 0 Å². The number of benzene rings is 3. The van der Waals surface area contributed by atoms with E-state index in [2.05, 4.69) is 77.9 Å². The minimum atomic E-state index is -0.812. The molecule has 0 aliphatic carbocycles. The quantitative estimate of drug-likeness (QED) is 0.379. The lowest BCUT2D eigenvalue weighted by atomic mass is 9.84. The number of aryl methyl sites for hydroxylation is 3. The highest BCUT2D eigenvalue weighted by Gasteiger charge is 2.22. The van der Waals surface area contributed by atoms with Gasteiger partial charge in [0.1, 0.15) is 0 Å². The molecule has 3 aromatic carbocycles. The molecule has 0 aliphatic rings. The molecule has 2 N–H and O–H groups in total. The maximum Gasteiger partial charge on any atom is 0.307 e. The average Bonchev–Trinajstić information content (AvgIpc) is 2.77. The topological polar surface area (TPSA) is 57.5 Å². The SMILES string of the molecule is Cc1cc(C(C)c2ccc(-c3ccc(CC(=O)O)cc3)c(C)c2)ccc1CCC(O)C(C)(C)C. The highest BCUT2D eigenvalue weighted by atomic mass is 16.4. The third-order valence-corrected chi connectivity index (χ3v) is 6.92. The fourth-order valence-electron chi connectivity index (χ4n) is 4.44. The van der Waals surface area contributed by atoms with Gasteiger partial charge in [-0.3, -0.25) is 4.79 Å². The van der Waals surface area contributed by atoms with Crippen LogP contribution in [0.5, 0.6) is 0 Å². The summed E-state index contributed by atoms with van der Waals surface area (Å²) in [5.74, 6) is -0.536. The standard InChI is InChI=1S/C31H38O3/c1-20-17-26(12-11-24(20)14-16-29(32)31(4,5)6)22(3)27-13-15-28(21(2)18-27)25-9-7-23(8-10-25)19-30(33)34/h7-13,15,17-18,22,29,32H,14,16,19H2,1-6H3,(H,33,34). The molecule has 0 amide bonds.